The van der Waals surface area contributed by atoms with Crippen molar-refractivity contribution in [2.75, 3.05) is 51.3 Å². The summed E-state index contributed by atoms with van der Waals surface area (Å²) in [6, 6.07) is 5.46. The van der Waals surface area contributed by atoms with Gasteiger partial charge in [-0.2, -0.15) is 18.4 Å². The highest BCUT2D eigenvalue weighted by Crippen LogP contribution is 2.46. The zero-order valence-electron chi connectivity index (χ0n) is 18.2. The molecule has 1 N–H and O–H groups in total. The highest BCUT2D eigenvalue weighted by molar-refractivity contribution is 5.74. The van der Waals surface area contributed by atoms with Gasteiger partial charge in [0.1, 0.15) is 0 Å². The maximum absolute atomic E-state index is 13.4. The van der Waals surface area contributed by atoms with Crippen LogP contribution in [0.3, 0.4) is 0 Å². The number of alkyl halides is 3. The van der Waals surface area contributed by atoms with Gasteiger partial charge in [0.15, 0.2) is 0 Å². The number of nitriles is 1. The minimum Gasteiger partial charge on any atom is -0.381 e. The van der Waals surface area contributed by atoms with E-state index >= 15 is 0 Å². The monoisotopic (exact) mass is 450 g/mol. The smallest absolute Gasteiger partial charge is 0.381 e. The molecule has 1 spiro atoms. The number of hydrogen-bond donors (Lipinski definition) is 1. The van der Waals surface area contributed by atoms with Crippen LogP contribution in [0, 0.1) is 28.6 Å². The Bertz CT molecular complexity index is 886. The number of nitrogens with one attached hydrogen (secondary N) is 1. The largest absolute Gasteiger partial charge is 0.417 e. The zero-order chi connectivity index (χ0) is 22.9. The molecule has 9 heteroatoms. The third-order valence-corrected chi connectivity index (χ3v) is 7.24. The average Bonchev–Trinajstić information content (AvgIpc) is 3.54. The molecule has 32 heavy (non-hydrogen) atoms. The zero-order valence-corrected chi connectivity index (χ0v) is 18.2. The van der Waals surface area contributed by atoms with E-state index in [0.29, 0.717) is 44.4 Å². The number of rotatable bonds is 5. The SMILES string of the molecule is CNC(=O)N1CC(COCC2CC2)C2(CCN(c3ccc(C#N)c(C(F)(F)F)c3)CC2)C1. The van der Waals surface area contributed by atoms with E-state index in [4.69, 9.17) is 10.00 Å². The second kappa shape index (κ2) is 8.81. The number of halogens is 3. The molecule has 2 saturated heterocycles. The number of ether oxygens (including phenoxy) is 1. The summed E-state index contributed by atoms with van der Waals surface area (Å²) in [7, 11) is 1.62. The maximum atomic E-state index is 13.4. The van der Waals surface area contributed by atoms with Crippen LogP contribution in [0.1, 0.15) is 36.8 Å². The molecule has 0 radical (unpaired) electrons. The van der Waals surface area contributed by atoms with Crippen LogP contribution in [-0.4, -0.2) is 57.4 Å². The van der Waals surface area contributed by atoms with Crippen LogP contribution in [0.4, 0.5) is 23.7 Å². The Balaban J connectivity index is 1.47. The number of hydrogen-bond acceptors (Lipinski definition) is 4. The lowest BCUT2D eigenvalue weighted by Crippen LogP contribution is -2.46. The van der Waals surface area contributed by atoms with Crippen molar-refractivity contribution in [1.29, 1.82) is 5.26 Å². The Labute approximate surface area is 186 Å². The number of benzene rings is 1. The molecule has 174 valence electrons. The lowest BCUT2D eigenvalue weighted by atomic mass is 9.71. The van der Waals surface area contributed by atoms with Gasteiger partial charge < -0.3 is 19.9 Å². The summed E-state index contributed by atoms with van der Waals surface area (Å²) < 4.78 is 46.1. The van der Waals surface area contributed by atoms with Gasteiger partial charge in [-0.05, 0) is 55.2 Å². The van der Waals surface area contributed by atoms with Crippen LogP contribution >= 0.6 is 0 Å². The standard InChI is InChI=1S/C23H29F3N4O2/c1-28-21(31)30-12-18(14-32-13-16-2-3-16)22(15-30)6-8-29(9-7-22)19-5-4-17(11-27)20(10-19)23(24,25)26/h4-5,10,16,18H,2-3,6-9,12-15H2,1H3,(H,28,31). The summed E-state index contributed by atoms with van der Waals surface area (Å²) in [4.78, 5) is 16.1. The lowest BCUT2D eigenvalue weighted by Gasteiger charge is -2.43. The van der Waals surface area contributed by atoms with Crippen LogP contribution in [0.15, 0.2) is 18.2 Å². The molecule has 1 saturated carbocycles. The van der Waals surface area contributed by atoms with Crippen LogP contribution in [0.2, 0.25) is 0 Å². The van der Waals surface area contributed by atoms with E-state index in [0.717, 1.165) is 25.5 Å². The lowest BCUT2D eigenvalue weighted by molar-refractivity contribution is -0.137. The number of nitrogens with zero attached hydrogens (tertiary/aromatic N) is 3. The Morgan fingerprint density at radius 2 is 2.00 bits per heavy atom. The van der Waals surface area contributed by atoms with Crippen molar-refractivity contribution in [3.63, 3.8) is 0 Å². The van der Waals surface area contributed by atoms with Gasteiger partial charge in [-0.15, -0.1) is 0 Å². The summed E-state index contributed by atoms with van der Waals surface area (Å²) in [5.41, 5.74) is -0.865. The minimum absolute atomic E-state index is 0.0913. The van der Waals surface area contributed by atoms with Gasteiger partial charge in [-0.25, -0.2) is 4.79 Å². The van der Waals surface area contributed by atoms with E-state index in [1.54, 1.807) is 19.2 Å². The summed E-state index contributed by atoms with van der Waals surface area (Å²) in [6.45, 7) is 3.86. The molecule has 0 bridgehead atoms. The first-order valence-electron chi connectivity index (χ1n) is 11.2. The van der Waals surface area contributed by atoms with Crippen molar-refractivity contribution >= 4 is 11.7 Å². The van der Waals surface area contributed by atoms with Crippen molar-refractivity contribution in [2.45, 2.75) is 31.9 Å². The number of urea groups is 1. The van der Waals surface area contributed by atoms with E-state index in [-0.39, 0.29) is 22.9 Å². The Morgan fingerprint density at radius 3 is 2.59 bits per heavy atom. The summed E-state index contributed by atoms with van der Waals surface area (Å²) in [6.07, 6.45) is -0.570. The molecule has 2 amide bonds. The van der Waals surface area contributed by atoms with E-state index in [2.05, 4.69) is 5.32 Å². The van der Waals surface area contributed by atoms with Crippen molar-refractivity contribution in [1.82, 2.24) is 10.2 Å². The highest BCUT2D eigenvalue weighted by atomic mass is 19.4. The van der Waals surface area contributed by atoms with Crippen molar-refractivity contribution in [3.8, 4) is 6.07 Å². The fourth-order valence-electron chi connectivity index (χ4n) is 5.07. The van der Waals surface area contributed by atoms with Crippen molar-refractivity contribution in [2.24, 2.45) is 17.3 Å². The molecule has 1 aromatic carbocycles. The molecule has 4 rings (SSSR count). The van der Waals surface area contributed by atoms with Crippen LogP contribution in [0.25, 0.3) is 0 Å². The summed E-state index contributed by atoms with van der Waals surface area (Å²) in [5.74, 6) is 0.885. The van der Waals surface area contributed by atoms with E-state index in [1.165, 1.54) is 18.9 Å². The quantitative estimate of drug-likeness (QED) is 0.740. The Hall–Kier alpha value is -2.47. The number of carbonyl (C=O) groups is 1. The Morgan fingerprint density at radius 1 is 1.28 bits per heavy atom. The van der Waals surface area contributed by atoms with E-state index in [1.807, 2.05) is 9.80 Å². The second-order valence-electron chi connectivity index (χ2n) is 9.30. The Kier molecular flexibility index (Phi) is 6.26. The highest BCUT2D eigenvalue weighted by Gasteiger charge is 2.49. The van der Waals surface area contributed by atoms with Crippen LogP contribution in [-0.2, 0) is 10.9 Å². The molecular formula is C23H29F3N4O2. The molecule has 3 fully saturated rings. The van der Waals surface area contributed by atoms with E-state index < -0.39 is 11.7 Å². The normalized spacial score (nSPS) is 22.8. The van der Waals surface area contributed by atoms with E-state index in [9.17, 15) is 18.0 Å². The molecule has 0 aromatic heterocycles. The second-order valence-corrected chi connectivity index (χ2v) is 9.30. The third-order valence-electron chi connectivity index (χ3n) is 7.24. The van der Waals surface area contributed by atoms with Crippen molar-refractivity contribution < 1.29 is 22.7 Å². The van der Waals surface area contributed by atoms with Gasteiger partial charge in [0, 0.05) is 51.4 Å². The molecule has 1 aliphatic carbocycles. The van der Waals surface area contributed by atoms with Crippen LogP contribution in [0.5, 0.6) is 0 Å². The molecule has 2 aliphatic heterocycles. The number of anilines is 1. The van der Waals surface area contributed by atoms with Gasteiger partial charge >= 0.3 is 12.2 Å². The average molecular weight is 451 g/mol. The molecule has 2 heterocycles. The predicted molar refractivity (Wildman–Crippen MR) is 113 cm³/mol. The molecule has 6 nitrogen and oxygen atoms in total. The summed E-state index contributed by atoms with van der Waals surface area (Å²) in [5, 5.41) is 11.7. The maximum Gasteiger partial charge on any atom is 0.417 e. The predicted octanol–water partition coefficient (Wildman–Crippen LogP) is 3.86. The van der Waals surface area contributed by atoms with Gasteiger partial charge in [-0.3, -0.25) is 0 Å². The first kappa shape index (κ1) is 22.7. The number of likely N-dealkylation sites (tertiary alicyclic amines) is 1. The fraction of sp³-hybridized carbons (Fsp3) is 0.652. The fourth-order valence-corrected chi connectivity index (χ4v) is 5.07. The number of amides is 2. The minimum atomic E-state index is -4.57. The molecule has 1 aromatic rings. The van der Waals surface area contributed by atoms with Gasteiger partial charge in [-0.1, -0.05) is 0 Å². The molecule has 1 unspecified atom stereocenters. The van der Waals surface area contributed by atoms with Crippen LogP contribution < -0.4 is 10.2 Å². The van der Waals surface area contributed by atoms with Gasteiger partial charge in [0.2, 0.25) is 0 Å². The topological polar surface area (TPSA) is 68.6 Å². The summed E-state index contributed by atoms with van der Waals surface area (Å²) >= 11 is 0. The number of piperidine rings is 1. The third kappa shape index (κ3) is 4.65. The molecule has 1 atom stereocenters. The first-order chi connectivity index (χ1) is 15.3. The first-order valence-corrected chi connectivity index (χ1v) is 11.2. The van der Waals surface area contributed by atoms with Gasteiger partial charge in [0.05, 0.1) is 23.8 Å². The molecular weight excluding hydrogens is 421 g/mol. The van der Waals surface area contributed by atoms with Gasteiger partial charge in [0.25, 0.3) is 0 Å². The molecule has 3 aliphatic rings. The number of carbonyl (C=O) groups excluding carboxylic acids is 1. The van der Waals surface area contributed by atoms with Crippen molar-refractivity contribution in [3.05, 3.63) is 29.3 Å².